The summed E-state index contributed by atoms with van der Waals surface area (Å²) in [4.78, 5) is 22.9. The standard InChI is InChI=1S/C12H21NO3/c1-3-6-13-11(14)9-5-4-8(2)7-10(9)12(15)16/h8-10H,3-7H2,1-2H3,(H,13,14)(H,15,16). The smallest absolute Gasteiger partial charge is 0.307 e. The molecule has 16 heavy (non-hydrogen) atoms. The van der Waals surface area contributed by atoms with Crippen LogP contribution in [0, 0.1) is 17.8 Å². The summed E-state index contributed by atoms with van der Waals surface area (Å²) in [5, 5.41) is 11.9. The average molecular weight is 227 g/mol. The van der Waals surface area contributed by atoms with E-state index < -0.39 is 11.9 Å². The van der Waals surface area contributed by atoms with Gasteiger partial charge >= 0.3 is 5.97 Å². The molecule has 0 heterocycles. The van der Waals surface area contributed by atoms with Gasteiger partial charge in [-0.05, 0) is 31.6 Å². The number of amides is 1. The van der Waals surface area contributed by atoms with Crippen molar-refractivity contribution in [3.8, 4) is 0 Å². The first kappa shape index (κ1) is 13.0. The lowest BCUT2D eigenvalue weighted by Crippen LogP contribution is -2.41. The minimum Gasteiger partial charge on any atom is -0.481 e. The van der Waals surface area contributed by atoms with Crippen molar-refractivity contribution in [1.29, 1.82) is 0 Å². The van der Waals surface area contributed by atoms with Gasteiger partial charge < -0.3 is 10.4 Å². The van der Waals surface area contributed by atoms with E-state index in [-0.39, 0.29) is 11.8 Å². The van der Waals surface area contributed by atoms with Crippen LogP contribution in [0.3, 0.4) is 0 Å². The Morgan fingerprint density at radius 3 is 2.56 bits per heavy atom. The van der Waals surface area contributed by atoms with Gasteiger partial charge in [0.1, 0.15) is 0 Å². The van der Waals surface area contributed by atoms with Gasteiger partial charge in [-0.15, -0.1) is 0 Å². The highest BCUT2D eigenvalue weighted by atomic mass is 16.4. The molecule has 1 aliphatic carbocycles. The summed E-state index contributed by atoms with van der Waals surface area (Å²) in [7, 11) is 0. The highest BCUT2D eigenvalue weighted by Crippen LogP contribution is 2.34. The van der Waals surface area contributed by atoms with E-state index in [0.29, 0.717) is 25.3 Å². The van der Waals surface area contributed by atoms with Crippen LogP contribution in [0.15, 0.2) is 0 Å². The van der Waals surface area contributed by atoms with Crippen molar-refractivity contribution in [1.82, 2.24) is 5.32 Å². The number of hydrogen-bond acceptors (Lipinski definition) is 2. The molecule has 1 saturated carbocycles. The molecule has 3 unspecified atom stereocenters. The molecule has 1 fully saturated rings. The Morgan fingerprint density at radius 1 is 1.31 bits per heavy atom. The molecule has 0 aromatic carbocycles. The summed E-state index contributed by atoms with van der Waals surface area (Å²) in [6, 6.07) is 0. The third-order valence-electron chi connectivity index (χ3n) is 3.32. The largest absolute Gasteiger partial charge is 0.481 e. The predicted molar refractivity (Wildman–Crippen MR) is 60.9 cm³/mol. The van der Waals surface area contributed by atoms with E-state index in [1.165, 1.54) is 0 Å². The van der Waals surface area contributed by atoms with Gasteiger partial charge in [-0.1, -0.05) is 13.8 Å². The van der Waals surface area contributed by atoms with Crippen molar-refractivity contribution in [2.45, 2.75) is 39.5 Å². The summed E-state index contributed by atoms with van der Waals surface area (Å²) in [6.07, 6.45) is 3.16. The molecular formula is C12H21NO3. The Morgan fingerprint density at radius 2 is 2.00 bits per heavy atom. The van der Waals surface area contributed by atoms with Crippen LogP contribution >= 0.6 is 0 Å². The van der Waals surface area contributed by atoms with Crippen molar-refractivity contribution in [3.63, 3.8) is 0 Å². The van der Waals surface area contributed by atoms with Gasteiger partial charge in [0.25, 0.3) is 0 Å². The summed E-state index contributed by atoms with van der Waals surface area (Å²) in [5.41, 5.74) is 0. The van der Waals surface area contributed by atoms with Gasteiger partial charge in [0.05, 0.1) is 11.8 Å². The van der Waals surface area contributed by atoms with Crippen LogP contribution in [0.4, 0.5) is 0 Å². The Bertz CT molecular complexity index is 265. The molecule has 4 heteroatoms. The van der Waals surface area contributed by atoms with Crippen LogP contribution in [0.25, 0.3) is 0 Å². The minimum atomic E-state index is -0.830. The molecular weight excluding hydrogens is 206 g/mol. The molecule has 1 amide bonds. The van der Waals surface area contributed by atoms with E-state index in [4.69, 9.17) is 5.11 Å². The number of rotatable bonds is 4. The van der Waals surface area contributed by atoms with Crippen LogP contribution in [0.1, 0.15) is 39.5 Å². The summed E-state index contributed by atoms with van der Waals surface area (Å²) in [6.45, 7) is 4.67. The predicted octanol–water partition coefficient (Wildman–Crippen LogP) is 1.65. The summed E-state index contributed by atoms with van der Waals surface area (Å²) < 4.78 is 0. The molecule has 3 atom stereocenters. The highest BCUT2D eigenvalue weighted by molar-refractivity contribution is 5.84. The fraction of sp³-hybridized carbons (Fsp3) is 0.833. The molecule has 0 aromatic heterocycles. The molecule has 0 bridgehead atoms. The normalized spacial score (nSPS) is 29.8. The van der Waals surface area contributed by atoms with Crippen molar-refractivity contribution in [2.24, 2.45) is 17.8 Å². The lowest BCUT2D eigenvalue weighted by Gasteiger charge is -2.31. The first-order chi connectivity index (χ1) is 7.56. The van der Waals surface area contributed by atoms with E-state index >= 15 is 0 Å². The second-order valence-corrected chi connectivity index (χ2v) is 4.76. The molecule has 0 aromatic rings. The van der Waals surface area contributed by atoms with Gasteiger partial charge in [-0.2, -0.15) is 0 Å². The van der Waals surface area contributed by atoms with Gasteiger partial charge in [0, 0.05) is 6.54 Å². The Kier molecular flexibility index (Phi) is 4.77. The first-order valence-electron chi connectivity index (χ1n) is 6.06. The number of carboxylic acid groups (broad SMARTS) is 1. The Hall–Kier alpha value is -1.06. The molecule has 0 radical (unpaired) electrons. The first-order valence-corrected chi connectivity index (χ1v) is 6.06. The quantitative estimate of drug-likeness (QED) is 0.767. The molecule has 0 saturated heterocycles. The number of hydrogen-bond donors (Lipinski definition) is 2. The number of carbonyl (C=O) groups excluding carboxylic acids is 1. The molecule has 0 spiro atoms. The van der Waals surface area contributed by atoms with Crippen molar-refractivity contribution >= 4 is 11.9 Å². The molecule has 92 valence electrons. The molecule has 1 rings (SSSR count). The van der Waals surface area contributed by atoms with Crippen molar-refractivity contribution in [2.75, 3.05) is 6.54 Å². The lowest BCUT2D eigenvalue weighted by molar-refractivity contribution is -0.149. The second-order valence-electron chi connectivity index (χ2n) is 4.76. The van der Waals surface area contributed by atoms with Crippen LogP contribution < -0.4 is 5.32 Å². The maximum absolute atomic E-state index is 11.8. The zero-order valence-corrected chi connectivity index (χ0v) is 10.0. The Labute approximate surface area is 96.4 Å². The lowest BCUT2D eigenvalue weighted by atomic mass is 9.74. The number of aliphatic carboxylic acids is 1. The number of carbonyl (C=O) groups is 2. The van der Waals surface area contributed by atoms with E-state index in [1.54, 1.807) is 0 Å². The van der Waals surface area contributed by atoms with E-state index in [1.807, 2.05) is 6.92 Å². The van der Waals surface area contributed by atoms with E-state index in [9.17, 15) is 9.59 Å². The maximum Gasteiger partial charge on any atom is 0.307 e. The molecule has 2 N–H and O–H groups in total. The molecule has 1 aliphatic rings. The molecule has 4 nitrogen and oxygen atoms in total. The van der Waals surface area contributed by atoms with Crippen LogP contribution in [-0.2, 0) is 9.59 Å². The topological polar surface area (TPSA) is 66.4 Å². The van der Waals surface area contributed by atoms with Gasteiger partial charge in [-0.25, -0.2) is 0 Å². The van der Waals surface area contributed by atoms with Crippen LogP contribution in [-0.4, -0.2) is 23.5 Å². The summed E-state index contributed by atoms with van der Waals surface area (Å²) in [5.74, 6) is -1.33. The van der Waals surface area contributed by atoms with Crippen LogP contribution in [0.2, 0.25) is 0 Å². The highest BCUT2D eigenvalue weighted by Gasteiger charge is 2.37. The van der Waals surface area contributed by atoms with E-state index in [0.717, 1.165) is 12.8 Å². The van der Waals surface area contributed by atoms with E-state index in [2.05, 4.69) is 12.2 Å². The number of nitrogens with one attached hydrogen (secondary N) is 1. The zero-order chi connectivity index (χ0) is 12.1. The number of carboxylic acids is 1. The maximum atomic E-state index is 11.8. The average Bonchev–Trinajstić information content (AvgIpc) is 2.25. The van der Waals surface area contributed by atoms with Crippen molar-refractivity contribution < 1.29 is 14.7 Å². The summed E-state index contributed by atoms with van der Waals surface area (Å²) >= 11 is 0. The Balaban J connectivity index is 2.61. The fourth-order valence-electron chi connectivity index (χ4n) is 2.35. The van der Waals surface area contributed by atoms with Gasteiger partial charge in [-0.3, -0.25) is 9.59 Å². The van der Waals surface area contributed by atoms with Gasteiger partial charge in [0.15, 0.2) is 0 Å². The monoisotopic (exact) mass is 227 g/mol. The second kappa shape index (κ2) is 5.87. The third-order valence-corrected chi connectivity index (χ3v) is 3.32. The minimum absolute atomic E-state index is 0.0823. The van der Waals surface area contributed by atoms with Crippen LogP contribution in [0.5, 0.6) is 0 Å². The molecule has 0 aliphatic heterocycles. The van der Waals surface area contributed by atoms with Gasteiger partial charge in [0.2, 0.25) is 5.91 Å². The SMILES string of the molecule is CCCNC(=O)C1CCC(C)CC1C(=O)O. The van der Waals surface area contributed by atoms with Crippen molar-refractivity contribution in [3.05, 3.63) is 0 Å². The third kappa shape index (κ3) is 3.22. The fourth-order valence-corrected chi connectivity index (χ4v) is 2.35. The zero-order valence-electron chi connectivity index (χ0n) is 10.0.